The van der Waals surface area contributed by atoms with Crippen molar-refractivity contribution in [3.8, 4) is 11.5 Å². The van der Waals surface area contributed by atoms with Gasteiger partial charge in [-0.1, -0.05) is 116 Å². The van der Waals surface area contributed by atoms with Gasteiger partial charge in [0.1, 0.15) is 11.5 Å². The Bertz CT molecular complexity index is 848. The van der Waals surface area contributed by atoms with Gasteiger partial charge in [-0.15, -0.1) is 0 Å². The SMILES string of the molecule is CCCCCCCCCCCCc1ccc(OC)c(Nc2cc(CCCCCCCC)ccc2OC)c1. The summed E-state index contributed by atoms with van der Waals surface area (Å²) in [6, 6.07) is 13.1. The van der Waals surface area contributed by atoms with Crippen LogP contribution >= 0.6 is 0 Å². The van der Waals surface area contributed by atoms with Gasteiger partial charge in [0.15, 0.2) is 0 Å². The fraction of sp³-hybridized carbons (Fsp3) is 0.647. The number of benzene rings is 2. The monoisotopic (exact) mass is 509 g/mol. The maximum Gasteiger partial charge on any atom is 0.142 e. The van der Waals surface area contributed by atoms with E-state index in [1.54, 1.807) is 14.2 Å². The molecule has 0 atom stereocenters. The molecule has 3 nitrogen and oxygen atoms in total. The average molecular weight is 510 g/mol. The molecule has 0 unspecified atom stereocenters. The first-order chi connectivity index (χ1) is 18.2. The van der Waals surface area contributed by atoms with Gasteiger partial charge in [-0.2, -0.15) is 0 Å². The van der Waals surface area contributed by atoms with Crippen molar-refractivity contribution in [1.29, 1.82) is 0 Å². The van der Waals surface area contributed by atoms with Crippen molar-refractivity contribution < 1.29 is 9.47 Å². The zero-order valence-corrected chi connectivity index (χ0v) is 24.5. The molecule has 0 saturated heterocycles. The summed E-state index contributed by atoms with van der Waals surface area (Å²) in [5.74, 6) is 1.74. The number of anilines is 2. The van der Waals surface area contributed by atoms with E-state index in [1.165, 1.54) is 114 Å². The Kier molecular flexibility index (Phi) is 16.7. The summed E-state index contributed by atoms with van der Waals surface area (Å²) >= 11 is 0. The van der Waals surface area contributed by atoms with Crippen LogP contribution in [-0.4, -0.2) is 14.2 Å². The van der Waals surface area contributed by atoms with Gasteiger partial charge in [0, 0.05) is 0 Å². The van der Waals surface area contributed by atoms with Crippen molar-refractivity contribution in [2.75, 3.05) is 19.5 Å². The van der Waals surface area contributed by atoms with Crippen molar-refractivity contribution in [2.45, 2.75) is 129 Å². The van der Waals surface area contributed by atoms with Crippen molar-refractivity contribution >= 4 is 11.4 Å². The van der Waals surface area contributed by atoms with E-state index >= 15 is 0 Å². The minimum Gasteiger partial charge on any atom is -0.495 e. The molecule has 0 fully saturated rings. The molecule has 0 bridgehead atoms. The average Bonchev–Trinajstić information content (AvgIpc) is 2.92. The molecule has 0 spiro atoms. The molecule has 2 aromatic carbocycles. The highest BCUT2D eigenvalue weighted by molar-refractivity contribution is 5.72. The van der Waals surface area contributed by atoms with Crippen LogP contribution in [0.1, 0.15) is 128 Å². The van der Waals surface area contributed by atoms with E-state index in [1.807, 2.05) is 0 Å². The summed E-state index contributed by atoms with van der Waals surface area (Å²) < 4.78 is 11.4. The minimum atomic E-state index is 0.869. The highest BCUT2D eigenvalue weighted by Crippen LogP contribution is 2.34. The first-order valence-electron chi connectivity index (χ1n) is 15.3. The topological polar surface area (TPSA) is 30.5 Å². The number of nitrogens with one attached hydrogen (secondary N) is 1. The number of aryl methyl sites for hydroxylation is 2. The third kappa shape index (κ3) is 12.8. The summed E-state index contributed by atoms with van der Waals surface area (Å²) in [7, 11) is 3.49. The lowest BCUT2D eigenvalue weighted by molar-refractivity contribution is 0.414. The molecule has 0 radical (unpaired) electrons. The van der Waals surface area contributed by atoms with Crippen molar-refractivity contribution in [2.24, 2.45) is 0 Å². The van der Waals surface area contributed by atoms with Gasteiger partial charge in [0.25, 0.3) is 0 Å². The molecule has 2 aromatic rings. The summed E-state index contributed by atoms with van der Waals surface area (Å²) in [6.07, 6.45) is 23.8. The number of hydrogen-bond donors (Lipinski definition) is 1. The van der Waals surface area contributed by atoms with E-state index in [9.17, 15) is 0 Å². The largest absolute Gasteiger partial charge is 0.495 e. The van der Waals surface area contributed by atoms with Crippen LogP contribution in [0.4, 0.5) is 11.4 Å². The molecular weight excluding hydrogens is 454 g/mol. The van der Waals surface area contributed by atoms with Gasteiger partial charge in [0.2, 0.25) is 0 Å². The van der Waals surface area contributed by atoms with E-state index in [2.05, 4.69) is 55.6 Å². The maximum atomic E-state index is 5.69. The fourth-order valence-electron chi connectivity index (χ4n) is 5.09. The fourth-order valence-corrected chi connectivity index (χ4v) is 5.09. The number of rotatable bonds is 22. The summed E-state index contributed by atoms with van der Waals surface area (Å²) in [5.41, 5.74) is 4.76. The molecule has 0 saturated carbocycles. The third-order valence-corrected chi connectivity index (χ3v) is 7.44. The third-order valence-electron chi connectivity index (χ3n) is 7.44. The van der Waals surface area contributed by atoms with Crippen LogP contribution in [0.2, 0.25) is 0 Å². The van der Waals surface area contributed by atoms with Gasteiger partial charge in [-0.25, -0.2) is 0 Å². The standard InChI is InChI=1S/C34H55NO2/c1-5-7-9-11-13-14-15-16-18-20-22-30-24-26-34(37-4)32(28-30)35-31-27-29(23-25-33(31)36-3)21-19-17-12-10-8-6-2/h23-28,35H,5-22H2,1-4H3. The lowest BCUT2D eigenvalue weighted by Gasteiger charge is -2.16. The Morgan fingerprint density at radius 3 is 1.19 bits per heavy atom. The van der Waals surface area contributed by atoms with Gasteiger partial charge < -0.3 is 14.8 Å². The molecule has 0 aliphatic heterocycles. The lowest BCUT2D eigenvalue weighted by Crippen LogP contribution is -2.00. The van der Waals surface area contributed by atoms with Crippen LogP contribution in [0.3, 0.4) is 0 Å². The van der Waals surface area contributed by atoms with E-state index < -0.39 is 0 Å². The minimum absolute atomic E-state index is 0.869. The second-order valence-electron chi connectivity index (χ2n) is 10.6. The number of methoxy groups -OCH3 is 2. The molecule has 208 valence electrons. The molecule has 2 rings (SSSR count). The van der Waals surface area contributed by atoms with Crippen LogP contribution in [0, 0.1) is 0 Å². The highest BCUT2D eigenvalue weighted by Gasteiger charge is 2.10. The first-order valence-corrected chi connectivity index (χ1v) is 15.3. The van der Waals surface area contributed by atoms with E-state index in [-0.39, 0.29) is 0 Å². The van der Waals surface area contributed by atoms with Crippen LogP contribution < -0.4 is 14.8 Å². The molecule has 0 amide bonds. The number of hydrogen-bond acceptors (Lipinski definition) is 3. The first kappa shape index (κ1) is 31.1. The van der Waals surface area contributed by atoms with Gasteiger partial charge >= 0.3 is 0 Å². The predicted octanol–water partition coefficient (Wildman–Crippen LogP) is 10.8. The smallest absolute Gasteiger partial charge is 0.142 e. The molecule has 0 aromatic heterocycles. The van der Waals surface area contributed by atoms with Crippen molar-refractivity contribution in [3.05, 3.63) is 47.5 Å². The summed E-state index contributed by atoms with van der Waals surface area (Å²) in [6.45, 7) is 4.56. The van der Waals surface area contributed by atoms with E-state index in [0.717, 1.165) is 35.7 Å². The van der Waals surface area contributed by atoms with Crippen LogP contribution in [0.15, 0.2) is 36.4 Å². The van der Waals surface area contributed by atoms with Crippen molar-refractivity contribution in [3.63, 3.8) is 0 Å². The van der Waals surface area contributed by atoms with Crippen LogP contribution in [-0.2, 0) is 12.8 Å². The molecular formula is C34H55NO2. The van der Waals surface area contributed by atoms with E-state index in [0.29, 0.717) is 0 Å². The van der Waals surface area contributed by atoms with Gasteiger partial charge in [-0.05, 0) is 61.1 Å². The lowest BCUT2D eigenvalue weighted by atomic mass is 10.0. The van der Waals surface area contributed by atoms with Crippen LogP contribution in [0.5, 0.6) is 11.5 Å². The summed E-state index contributed by atoms with van der Waals surface area (Å²) in [4.78, 5) is 0. The van der Waals surface area contributed by atoms with Crippen LogP contribution in [0.25, 0.3) is 0 Å². The quantitative estimate of drug-likeness (QED) is 0.160. The molecule has 3 heteroatoms. The zero-order chi connectivity index (χ0) is 26.6. The molecule has 1 N–H and O–H groups in total. The summed E-state index contributed by atoms with van der Waals surface area (Å²) in [5, 5.41) is 3.63. The van der Waals surface area contributed by atoms with Gasteiger partial charge in [0.05, 0.1) is 25.6 Å². The number of ether oxygens (including phenoxy) is 2. The van der Waals surface area contributed by atoms with Crippen molar-refractivity contribution in [1.82, 2.24) is 0 Å². The molecule has 0 heterocycles. The Morgan fingerprint density at radius 2 is 0.838 bits per heavy atom. The normalized spacial score (nSPS) is 11.0. The Hall–Kier alpha value is -2.16. The predicted molar refractivity (Wildman–Crippen MR) is 162 cm³/mol. The van der Waals surface area contributed by atoms with Gasteiger partial charge in [-0.3, -0.25) is 0 Å². The number of unbranched alkanes of at least 4 members (excludes halogenated alkanes) is 14. The molecule has 37 heavy (non-hydrogen) atoms. The Balaban J connectivity index is 1.87. The maximum absolute atomic E-state index is 5.69. The highest BCUT2D eigenvalue weighted by atomic mass is 16.5. The molecule has 0 aliphatic carbocycles. The molecule has 0 aliphatic rings. The Morgan fingerprint density at radius 1 is 0.486 bits per heavy atom. The second kappa shape index (κ2) is 19.9. The Labute approximate surface area is 228 Å². The zero-order valence-electron chi connectivity index (χ0n) is 24.5. The second-order valence-corrected chi connectivity index (χ2v) is 10.6. The van der Waals surface area contributed by atoms with E-state index in [4.69, 9.17) is 9.47 Å².